The molecule has 1 amide bonds. The maximum Gasteiger partial charge on any atom is 0.251 e. The van der Waals surface area contributed by atoms with Gasteiger partial charge in [-0.2, -0.15) is 0 Å². The largest absolute Gasteiger partial charge is 0.475 e. The summed E-state index contributed by atoms with van der Waals surface area (Å²) in [6.45, 7) is 5.80. The Bertz CT molecular complexity index is 862. The van der Waals surface area contributed by atoms with Gasteiger partial charge in [0.15, 0.2) is 0 Å². The Morgan fingerprint density at radius 2 is 2.00 bits per heavy atom. The van der Waals surface area contributed by atoms with Crippen LogP contribution in [-0.4, -0.2) is 25.4 Å². The van der Waals surface area contributed by atoms with E-state index in [0.29, 0.717) is 11.4 Å². The third kappa shape index (κ3) is 5.27. The molecule has 134 valence electrons. The van der Waals surface area contributed by atoms with Crippen LogP contribution in [0, 0.1) is 6.92 Å². The third-order valence-corrected chi connectivity index (χ3v) is 4.30. The number of benzene rings is 1. The Labute approximate surface area is 147 Å². The molecule has 0 spiro atoms. The highest BCUT2D eigenvalue weighted by atomic mass is 32.2. The number of ether oxygens (including phenoxy) is 1. The minimum atomic E-state index is -3.86. The molecule has 0 aliphatic carbocycles. The van der Waals surface area contributed by atoms with Gasteiger partial charge in [0.2, 0.25) is 15.9 Å². The van der Waals surface area contributed by atoms with Crippen molar-refractivity contribution in [2.24, 2.45) is 5.14 Å². The van der Waals surface area contributed by atoms with Gasteiger partial charge in [0.1, 0.15) is 0 Å². The monoisotopic (exact) mass is 363 g/mol. The average molecular weight is 363 g/mol. The van der Waals surface area contributed by atoms with Gasteiger partial charge in [0.05, 0.1) is 11.0 Å². The number of hydrogen-bond acceptors (Lipinski definition) is 5. The second kappa shape index (κ2) is 7.62. The first-order valence-corrected chi connectivity index (χ1v) is 9.24. The number of nitrogens with one attached hydrogen (secondary N) is 1. The zero-order valence-corrected chi connectivity index (χ0v) is 15.1. The van der Waals surface area contributed by atoms with Crippen molar-refractivity contribution < 1.29 is 17.9 Å². The lowest BCUT2D eigenvalue weighted by Gasteiger charge is -2.11. The number of rotatable bonds is 6. The van der Waals surface area contributed by atoms with Gasteiger partial charge in [-0.3, -0.25) is 4.79 Å². The Morgan fingerprint density at radius 1 is 1.28 bits per heavy atom. The second-order valence-electron chi connectivity index (χ2n) is 5.88. The van der Waals surface area contributed by atoms with Crippen molar-refractivity contribution in [3.63, 3.8) is 0 Å². The second-order valence-corrected chi connectivity index (χ2v) is 7.44. The van der Waals surface area contributed by atoms with E-state index in [2.05, 4.69) is 10.3 Å². The van der Waals surface area contributed by atoms with Crippen molar-refractivity contribution in [1.29, 1.82) is 0 Å². The van der Waals surface area contributed by atoms with E-state index in [0.717, 1.165) is 5.56 Å². The molecule has 0 aliphatic heterocycles. The smallest absolute Gasteiger partial charge is 0.251 e. The molecule has 1 heterocycles. The van der Waals surface area contributed by atoms with Gasteiger partial charge in [-0.1, -0.05) is 12.1 Å². The topological polar surface area (TPSA) is 111 Å². The summed E-state index contributed by atoms with van der Waals surface area (Å²) in [6, 6.07) is 7.73. The van der Waals surface area contributed by atoms with Crippen molar-refractivity contribution in [3.8, 4) is 5.88 Å². The summed E-state index contributed by atoms with van der Waals surface area (Å²) in [5, 5.41) is 7.85. The molecule has 0 bridgehead atoms. The standard InChI is InChI=1S/C17H21N3O4S/c1-11(2)24-16-7-5-13(9-19-16)10-20-17(21)15-8-14(25(18,22)23)6-4-12(15)3/h4-9,11H,10H2,1-3H3,(H,20,21)(H2,18,22,23). The average Bonchev–Trinajstić information content (AvgIpc) is 2.52. The van der Waals surface area contributed by atoms with E-state index in [9.17, 15) is 13.2 Å². The predicted octanol–water partition coefficient (Wildman–Crippen LogP) is 1.75. The summed E-state index contributed by atoms with van der Waals surface area (Å²) in [6.07, 6.45) is 1.65. The molecule has 25 heavy (non-hydrogen) atoms. The number of nitrogens with zero attached hydrogens (tertiary/aromatic N) is 1. The molecule has 7 nitrogen and oxygen atoms in total. The van der Waals surface area contributed by atoms with Crippen molar-refractivity contribution in [2.75, 3.05) is 0 Å². The van der Waals surface area contributed by atoms with Crippen LogP contribution in [0.3, 0.4) is 0 Å². The van der Waals surface area contributed by atoms with Gasteiger partial charge in [-0.15, -0.1) is 0 Å². The summed E-state index contributed by atoms with van der Waals surface area (Å²) < 4.78 is 28.3. The van der Waals surface area contributed by atoms with E-state index in [1.807, 2.05) is 13.8 Å². The molecule has 1 aromatic carbocycles. The fourth-order valence-electron chi connectivity index (χ4n) is 2.13. The number of amides is 1. The van der Waals surface area contributed by atoms with E-state index >= 15 is 0 Å². The van der Waals surface area contributed by atoms with Gasteiger partial charge in [-0.05, 0) is 44.0 Å². The van der Waals surface area contributed by atoms with E-state index in [1.54, 1.807) is 31.3 Å². The molecule has 2 rings (SSSR count). The predicted molar refractivity (Wildman–Crippen MR) is 93.7 cm³/mol. The van der Waals surface area contributed by atoms with Crippen molar-refractivity contribution in [1.82, 2.24) is 10.3 Å². The molecule has 0 saturated carbocycles. The number of aryl methyl sites for hydroxylation is 1. The maximum atomic E-state index is 12.3. The number of carbonyl (C=O) groups is 1. The molecule has 0 saturated heterocycles. The first-order valence-electron chi connectivity index (χ1n) is 7.70. The molecule has 2 aromatic rings. The number of pyridine rings is 1. The third-order valence-electron chi connectivity index (χ3n) is 3.39. The summed E-state index contributed by atoms with van der Waals surface area (Å²) in [7, 11) is -3.86. The van der Waals surface area contributed by atoms with Crippen LogP contribution in [-0.2, 0) is 16.6 Å². The summed E-state index contributed by atoms with van der Waals surface area (Å²) in [5.41, 5.74) is 1.72. The Hall–Kier alpha value is -2.45. The Kier molecular flexibility index (Phi) is 5.76. The highest BCUT2D eigenvalue weighted by Crippen LogP contribution is 2.15. The summed E-state index contributed by atoms with van der Waals surface area (Å²) >= 11 is 0. The minimum absolute atomic E-state index is 0.0344. The zero-order chi connectivity index (χ0) is 18.6. The maximum absolute atomic E-state index is 12.3. The highest BCUT2D eigenvalue weighted by molar-refractivity contribution is 7.89. The number of primary sulfonamides is 1. The Morgan fingerprint density at radius 3 is 2.56 bits per heavy atom. The summed E-state index contributed by atoms with van der Waals surface area (Å²) in [4.78, 5) is 16.4. The quantitative estimate of drug-likeness (QED) is 0.812. The number of aromatic nitrogens is 1. The van der Waals surface area contributed by atoms with Crippen LogP contribution < -0.4 is 15.2 Å². The van der Waals surface area contributed by atoms with Gasteiger partial charge in [0.25, 0.3) is 5.91 Å². The first kappa shape index (κ1) is 18.9. The molecule has 3 N–H and O–H groups in total. The zero-order valence-electron chi connectivity index (χ0n) is 14.3. The molecular formula is C17H21N3O4S. The lowest BCUT2D eigenvalue weighted by Crippen LogP contribution is -2.24. The lowest BCUT2D eigenvalue weighted by molar-refractivity contribution is 0.0950. The van der Waals surface area contributed by atoms with Gasteiger partial charge >= 0.3 is 0 Å². The molecule has 0 fully saturated rings. The van der Waals surface area contributed by atoms with Crippen LogP contribution in [0.2, 0.25) is 0 Å². The normalized spacial score (nSPS) is 11.4. The van der Waals surface area contributed by atoms with Crippen LogP contribution in [0.4, 0.5) is 0 Å². The van der Waals surface area contributed by atoms with E-state index in [1.165, 1.54) is 12.1 Å². The fourth-order valence-corrected chi connectivity index (χ4v) is 2.67. The molecule has 0 atom stereocenters. The Balaban J connectivity index is 2.07. The molecule has 0 unspecified atom stereocenters. The number of hydrogen-bond donors (Lipinski definition) is 2. The molecular weight excluding hydrogens is 342 g/mol. The molecule has 0 radical (unpaired) electrons. The SMILES string of the molecule is Cc1ccc(S(N)(=O)=O)cc1C(=O)NCc1ccc(OC(C)C)nc1. The van der Waals surface area contributed by atoms with Crippen molar-refractivity contribution in [2.45, 2.75) is 38.3 Å². The highest BCUT2D eigenvalue weighted by Gasteiger charge is 2.14. The molecule has 0 aliphatic rings. The number of sulfonamides is 1. The number of carbonyl (C=O) groups excluding carboxylic acids is 1. The van der Waals surface area contributed by atoms with E-state index in [-0.39, 0.29) is 29.0 Å². The first-order chi connectivity index (χ1) is 11.7. The lowest BCUT2D eigenvalue weighted by atomic mass is 10.1. The van der Waals surface area contributed by atoms with Crippen LogP contribution in [0.1, 0.15) is 35.3 Å². The number of nitrogens with two attached hydrogens (primary N) is 1. The molecule has 1 aromatic heterocycles. The van der Waals surface area contributed by atoms with Crippen LogP contribution >= 0.6 is 0 Å². The van der Waals surface area contributed by atoms with Crippen LogP contribution in [0.25, 0.3) is 0 Å². The van der Waals surface area contributed by atoms with Crippen molar-refractivity contribution in [3.05, 3.63) is 53.2 Å². The van der Waals surface area contributed by atoms with Crippen LogP contribution in [0.15, 0.2) is 41.4 Å². The van der Waals surface area contributed by atoms with Gasteiger partial charge < -0.3 is 10.1 Å². The van der Waals surface area contributed by atoms with Gasteiger partial charge in [-0.25, -0.2) is 18.5 Å². The summed E-state index contributed by atoms with van der Waals surface area (Å²) in [5.74, 6) is 0.132. The molecule has 8 heteroatoms. The van der Waals surface area contributed by atoms with Gasteiger partial charge in [0, 0.05) is 24.4 Å². The fraction of sp³-hybridized carbons (Fsp3) is 0.294. The van der Waals surface area contributed by atoms with Crippen molar-refractivity contribution >= 4 is 15.9 Å². The van der Waals surface area contributed by atoms with E-state index < -0.39 is 10.0 Å². The minimum Gasteiger partial charge on any atom is -0.475 e. The van der Waals surface area contributed by atoms with E-state index in [4.69, 9.17) is 9.88 Å². The van der Waals surface area contributed by atoms with Crippen LogP contribution in [0.5, 0.6) is 5.88 Å².